The molecular weight excluding hydrogens is 280 g/mol. The number of aromatic nitrogens is 1. The van der Waals surface area contributed by atoms with Crippen LogP contribution in [0.3, 0.4) is 0 Å². The summed E-state index contributed by atoms with van der Waals surface area (Å²) >= 11 is 0. The SMILES string of the molecule is Fc1cc(F)c2nc(C3CCCCC3)c3ccccc3c2c1. The van der Waals surface area contributed by atoms with E-state index in [9.17, 15) is 8.78 Å². The number of hydrogen-bond donors (Lipinski definition) is 0. The number of nitrogens with zero attached hydrogens (tertiary/aromatic N) is 1. The topological polar surface area (TPSA) is 12.9 Å². The van der Waals surface area contributed by atoms with Gasteiger partial charge in [0.05, 0.1) is 5.69 Å². The van der Waals surface area contributed by atoms with Gasteiger partial charge in [-0.05, 0) is 24.3 Å². The predicted molar refractivity (Wildman–Crippen MR) is 85.0 cm³/mol. The molecule has 0 radical (unpaired) electrons. The van der Waals surface area contributed by atoms with Gasteiger partial charge < -0.3 is 0 Å². The monoisotopic (exact) mass is 297 g/mol. The minimum Gasteiger partial charge on any atom is -0.249 e. The molecule has 0 saturated heterocycles. The van der Waals surface area contributed by atoms with E-state index in [0.717, 1.165) is 35.4 Å². The van der Waals surface area contributed by atoms with Crippen LogP contribution in [0.25, 0.3) is 21.7 Å². The van der Waals surface area contributed by atoms with Crippen LogP contribution in [0.15, 0.2) is 36.4 Å². The second kappa shape index (κ2) is 5.31. The lowest BCUT2D eigenvalue weighted by Gasteiger charge is -2.23. The molecule has 1 heterocycles. The van der Waals surface area contributed by atoms with Gasteiger partial charge in [-0.15, -0.1) is 0 Å². The van der Waals surface area contributed by atoms with E-state index in [1.165, 1.54) is 25.3 Å². The maximum Gasteiger partial charge on any atom is 0.152 e. The summed E-state index contributed by atoms with van der Waals surface area (Å²) < 4.78 is 27.8. The average Bonchev–Trinajstić information content (AvgIpc) is 2.55. The Labute approximate surface area is 128 Å². The van der Waals surface area contributed by atoms with Gasteiger partial charge in [0, 0.05) is 22.8 Å². The summed E-state index contributed by atoms with van der Waals surface area (Å²) in [5.41, 5.74) is 1.27. The lowest BCUT2D eigenvalue weighted by molar-refractivity contribution is 0.439. The summed E-state index contributed by atoms with van der Waals surface area (Å²) in [7, 11) is 0. The van der Waals surface area contributed by atoms with Gasteiger partial charge in [0.2, 0.25) is 0 Å². The largest absolute Gasteiger partial charge is 0.249 e. The van der Waals surface area contributed by atoms with Crippen LogP contribution in [0.1, 0.15) is 43.7 Å². The Morgan fingerprint density at radius 3 is 2.36 bits per heavy atom. The van der Waals surface area contributed by atoms with Gasteiger partial charge in [0.15, 0.2) is 5.82 Å². The number of rotatable bonds is 1. The van der Waals surface area contributed by atoms with Gasteiger partial charge in [-0.3, -0.25) is 0 Å². The van der Waals surface area contributed by atoms with E-state index in [4.69, 9.17) is 0 Å². The van der Waals surface area contributed by atoms with E-state index in [-0.39, 0.29) is 0 Å². The second-order valence-electron chi connectivity index (χ2n) is 6.16. The van der Waals surface area contributed by atoms with E-state index in [1.807, 2.05) is 24.3 Å². The second-order valence-corrected chi connectivity index (χ2v) is 6.16. The first kappa shape index (κ1) is 13.6. The fourth-order valence-electron chi connectivity index (χ4n) is 3.69. The molecule has 0 amide bonds. The molecule has 4 rings (SSSR count). The van der Waals surface area contributed by atoms with Crippen molar-refractivity contribution in [3.8, 4) is 0 Å². The molecule has 3 heteroatoms. The highest BCUT2D eigenvalue weighted by Crippen LogP contribution is 2.38. The van der Waals surface area contributed by atoms with Crippen LogP contribution in [0.4, 0.5) is 8.78 Å². The van der Waals surface area contributed by atoms with Gasteiger partial charge in [0.25, 0.3) is 0 Å². The zero-order valence-corrected chi connectivity index (χ0v) is 12.3. The first-order chi connectivity index (χ1) is 10.7. The molecule has 1 aliphatic rings. The van der Waals surface area contributed by atoms with Gasteiger partial charge in [-0.2, -0.15) is 0 Å². The highest BCUT2D eigenvalue weighted by Gasteiger charge is 2.21. The van der Waals surface area contributed by atoms with E-state index in [0.29, 0.717) is 16.8 Å². The summed E-state index contributed by atoms with van der Waals surface area (Å²) in [5, 5.41) is 2.49. The molecule has 3 aromatic rings. The first-order valence-corrected chi connectivity index (χ1v) is 7.91. The maximum atomic E-state index is 14.2. The third kappa shape index (κ3) is 2.16. The fraction of sp³-hybridized carbons (Fsp3) is 0.316. The summed E-state index contributed by atoms with van der Waals surface area (Å²) in [6.45, 7) is 0. The van der Waals surface area contributed by atoms with Gasteiger partial charge >= 0.3 is 0 Å². The Morgan fingerprint density at radius 1 is 0.864 bits per heavy atom. The molecule has 0 unspecified atom stereocenters. The van der Waals surface area contributed by atoms with Crippen molar-refractivity contribution in [2.45, 2.75) is 38.0 Å². The van der Waals surface area contributed by atoms with Crippen molar-refractivity contribution in [1.29, 1.82) is 0 Å². The Hall–Kier alpha value is -2.03. The standard InChI is InChI=1S/C19H17F2N/c20-13-10-16-14-8-4-5-9-15(14)18(12-6-2-1-3-7-12)22-19(16)17(21)11-13/h4-5,8-12H,1-3,6-7H2. The number of benzene rings is 2. The predicted octanol–water partition coefficient (Wildman–Crippen LogP) is 5.71. The van der Waals surface area contributed by atoms with Crippen LogP contribution in [-0.4, -0.2) is 4.98 Å². The number of fused-ring (bicyclic) bond motifs is 3. The zero-order chi connectivity index (χ0) is 15.1. The Morgan fingerprint density at radius 2 is 1.59 bits per heavy atom. The van der Waals surface area contributed by atoms with Crippen LogP contribution >= 0.6 is 0 Å². The van der Waals surface area contributed by atoms with Crippen molar-refractivity contribution in [3.05, 3.63) is 53.7 Å². The molecule has 0 bridgehead atoms. The molecule has 22 heavy (non-hydrogen) atoms. The lowest BCUT2D eigenvalue weighted by atomic mass is 9.84. The number of hydrogen-bond acceptors (Lipinski definition) is 1. The van der Waals surface area contributed by atoms with E-state index in [1.54, 1.807) is 0 Å². The molecule has 0 spiro atoms. The summed E-state index contributed by atoms with van der Waals surface area (Å²) in [6.07, 6.45) is 5.87. The van der Waals surface area contributed by atoms with Crippen LogP contribution < -0.4 is 0 Å². The van der Waals surface area contributed by atoms with Crippen LogP contribution in [0.2, 0.25) is 0 Å². The fourth-order valence-corrected chi connectivity index (χ4v) is 3.69. The molecule has 0 aliphatic heterocycles. The Bertz CT molecular complexity index is 851. The zero-order valence-electron chi connectivity index (χ0n) is 12.3. The van der Waals surface area contributed by atoms with Crippen molar-refractivity contribution < 1.29 is 8.78 Å². The van der Waals surface area contributed by atoms with E-state index >= 15 is 0 Å². The maximum absolute atomic E-state index is 14.2. The van der Waals surface area contributed by atoms with Crippen molar-refractivity contribution in [2.24, 2.45) is 0 Å². The highest BCUT2D eigenvalue weighted by molar-refractivity contribution is 6.06. The van der Waals surface area contributed by atoms with Crippen LogP contribution in [0.5, 0.6) is 0 Å². The molecule has 2 aromatic carbocycles. The van der Waals surface area contributed by atoms with Crippen LogP contribution in [0, 0.1) is 11.6 Å². The molecule has 1 saturated carbocycles. The average molecular weight is 297 g/mol. The lowest BCUT2D eigenvalue weighted by Crippen LogP contribution is -2.08. The van der Waals surface area contributed by atoms with Gasteiger partial charge in [-0.1, -0.05) is 43.5 Å². The number of pyridine rings is 1. The smallest absolute Gasteiger partial charge is 0.152 e. The van der Waals surface area contributed by atoms with Crippen LogP contribution in [-0.2, 0) is 0 Å². The molecule has 1 fully saturated rings. The highest BCUT2D eigenvalue weighted by atomic mass is 19.1. The summed E-state index contributed by atoms with van der Waals surface area (Å²) in [4.78, 5) is 4.63. The quantitative estimate of drug-likeness (QED) is 0.524. The number of halogens is 2. The van der Waals surface area contributed by atoms with Gasteiger partial charge in [-0.25, -0.2) is 13.8 Å². The summed E-state index contributed by atoms with van der Waals surface area (Å²) in [6, 6.07) is 10.2. The molecular formula is C19H17F2N. The molecule has 1 aliphatic carbocycles. The third-order valence-corrected chi connectivity index (χ3v) is 4.75. The normalized spacial score (nSPS) is 16.5. The van der Waals surface area contributed by atoms with Crippen molar-refractivity contribution in [2.75, 3.05) is 0 Å². The minimum absolute atomic E-state index is 0.292. The van der Waals surface area contributed by atoms with Crippen molar-refractivity contribution in [3.63, 3.8) is 0 Å². The minimum atomic E-state index is -0.571. The van der Waals surface area contributed by atoms with E-state index < -0.39 is 11.6 Å². The molecule has 0 atom stereocenters. The molecule has 1 nitrogen and oxygen atoms in total. The molecule has 1 aromatic heterocycles. The van der Waals surface area contributed by atoms with Crippen molar-refractivity contribution >= 4 is 21.7 Å². The third-order valence-electron chi connectivity index (χ3n) is 4.75. The Balaban J connectivity index is 2.06. The van der Waals surface area contributed by atoms with Crippen molar-refractivity contribution in [1.82, 2.24) is 4.98 Å². The summed E-state index contributed by atoms with van der Waals surface area (Å²) in [5.74, 6) is -0.743. The van der Waals surface area contributed by atoms with Gasteiger partial charge in [0.1, 0.15) is 11.3 Å². The molecule has 0 N–H and O–H groups in total. The first-order valence-electron chi connectivity index (χ1n) is 7.91. The Kier molecular flexibility index (Phi) is 3.29. The van der Waals surface area contributed by atoms with E-state index in [2.05, 4.69) is 4.98 Å². The molecule has 112 valence electrons.